The average Bonchev–Trinajstić information content (AvgIpc) is 3.23. The van der Waals surface area contributed by atoms with Crippen molar-refractivity contribution in [3.8, 4) is 11.3 Å². The Labute approximate surface area is 186 Å². The van der Waals surface area contributed by atoms with Crippen molar-refractivity contribution in [1.29, 1.82) is 0 Å². The molecular formula is C24H25N3O3S. The van der Waals surface area contributed by atoms with Gasteiger partial charge in [0.1, 0.15) is 6.54 Å². The van der Waals surface area contributed by atoms with Crippen molar-refractivity contribution in [2.75, 3.05) is 25.0 Å². The van der Waals surface area contributed by atoms with Gasteiger partial charge in [-0.15, -0.1) is 17.9 Å². The summed E-state index contributed by atoms with van der Waals surface area (Å²) in [4.78, 5) is 31.3. The molecule has 0 saturated heterocycles. The smallest absolute Gasteiger partial charge is 0.323 e. The number of benzene rings is 2. The second-order valence-corrected chi connectivity index (χ2v) is 8.14. The van der Waals surface area contributed by atoms with E-state index in [1.807, 2.05) is 18.2 Å². The topological polar surface area (TPSA) is 73.7 Å². The Morgan fingerprint density at radius 1 is 1.13 bits per heavy atom. The summed E-state index contributed by atoms with van der Waals surface area (Å²) in [6.07, 6.45) is 1.84. The summed E-state index contributed by atoms with van der Waals surface area (Å²) in [5.41, 5.74) is 4.71. The van der Waals surface area contributed by atoms with Crippen molar-refractivity contribution >= 4 is 28.3 Å². The lowest BCUT2D eigenvalue weighted by molar-refractivity contribution is -0.137. The molecule has 1 aromatic heterocycles. The fourth-order valence-corrected chi connectivity index (χ4v) is 3.95. The summed E-state index contributed by atoms with van der Waals surface area (Å²) in [6, 6.07) is 15.5. The minimum atomic E-state index is -1.04. The monoisotopic (exact) mass is 435 g/mol. The SMILES string of the molecule is C=CCN(Cc1ccc(C(=O)N(C)CC(=O)O)cc1)c1nc(-c2ccc(C)cc2)cs1. The standard InChI is InChI=1S/C24H25N3O3S/c1-4-13-27(24-25-21(16-31-24)19-9-5-17(2)6-10-19)14-18-7-11-20(12-8-18)23(30)26(3)15-22(28)29/h4-12,16H,1,13-15H2,2-3H3,(H,28,29). The van der Waals surface area contributed by atoms with Gasteiger partial charge in [0, 0.05) is 36.6 Å². The number of aryl methyl sites for hydroxylation is 1. The molecule has 2 aromatic carbocycles. The normalized spacial score (nSPS) is 10.5. The Morgan fingerprint density at radius 2 is 1.81 bits per heavy atom. The van der Waals surface area contributed by atoms with Gasteiger partial charge in [-0.3, -0.25) is 9.59 Å². The van der Waals surface area contributed by atoms with E-state index in [1.165, 1.54) is 17.5 Å². The van der Waals surface area contributed by atoms with Crippen LogP contribution in [-0.2, 0) is 11.3 Å². The summed E-state index contributed by atoms with van der Waals surface area (Å²) in [5.74, 6) is -1.36. The van der Waals surface area contributed by atoms with Crippen molar-refractivity contribution in [3.05, 3.63) is 83.3 Å². The number of carbonyl (C=O) groups excluding carboxylic acids is 1. The van der Waals surface area contributed by atoms with Crippen LogP contribution in [0.1, 0.15) is 21.5 Å². The van der Waals surface area contributed by atoms with Gasteiger partial charge in [0.05, 0.1) is 5.69 Å². The van der Waals surface area contributed by atoms with Gasteiger partial charge in [0.2, 0.25) is 0 Å². The number of amides is 1. The molecule has 0 spiro atoms. The van der Waals surface area contributed by atoms with Gasteiger partial charge in [0.15, 0.2) is 5.13 Å². The maximum Gasteiger partial charge on any atom is 0.323 e. The molecule has 7 heteroatoms. The molecule has 6 nitrogen and oxygen atoms in total. The highest BCUT2D eigenvalue weighted by atomic mass is 32.1. The zero-order valence-corrected chi connectivity index (χ0v) is 18.4. The molecule has 0 radical (unpaired) electrons. The Morgan fingerprint density at radius 3 is 2.42 bits per heavy atom. The third-order valence-electron chi connectivity index (χ3n) is 4.75. The van der Waals surface area contributed by atoms with Gasteiger partial charge in [-0.25, -0.2) is 4.98 Å². The second kappa shape index (κ2) is 10.0. The van der Waals surface area contributed by atoms with Crippen LogP contribution < -0.4 is 4.90 Å². The van der Waals surface area contributed by atoms with Crippen LogP contribution in [0.2, 0.25) is 0 Å². The van der Waals surface area contributed by atoms with E-state index in [1.54, 1.807) is 23.5 Å². The van der Waals surface area contributed by atoms with Crippen molar-refractivity contribution in [1.82, 2.24) is 9.88 Å². The van der Waals surface area contributed by atoms with E-state index in [9.17, 15) is 9.59 Å². The van der Waals surface area contributed by atoms with Crippen LogP contribution in [0.25, 0.3) is 11.3 Å². The highest BCUT2D eigenvalue weighted by Crippen LogP contribution is 2.28. The molecule has 0 aliphatic heterocycles. The van der Waals surface area contributed by atoms with Gasteiger partial charge >= 0.3 is 5.97 Å². The molecule has 0 unspecified atom stereocenters. The van der Waals surface area contributed by atoms with Gasteiger partial charge in [0.25, 0.3) is 5.91 Å². The minimum Gasteiger partial charge on any atom is -0.480 e. The molecule has 0 atom stereocenters. The zero-order chi connectivity index (χ0) is 22.4. The molecule has 1 amide bonds. The first-order valence-electron chi connectivity index (χ1n) is 9.82. The van der Waals surface area contributed by atoms with Crippen LogP contribution in [-0.4, -0.2) is 47.0 Å². The van der Waals surface area contributed by atoms with Crippen LogP contribution in [0.5, 0.6) is 0 Å². The maximum atomic E-state index is 12.3. The number of hydrogen-bond acceptors (Lipinski definition) is 5. The van der Waals surface area contributed by atoms with E-state index in [-0.39, 0.29) is 12.5 Å². The second-order valence-electron chi connectivity index (χ2n) is 7.30. The number of rotatable bonds is 9. The van der Waals surface area contributed by atoms with Crippen LogP contribution in [0, 0.1) is 6.92 Å². The van der Waals surface area contributed by atoms with Crippen LogP contribution in [0.4, 0.5) is 5.13 Å². The van der Waals surface area contributed by atoms with Crippen molar-refractivity contribution in [3.63, 3.8) is 0 Å². The van der Waals surface area contributed by atoms with Crippen LogP contribution in [0.3, 0.4) is 0 Å². The molecule has 0 aliphatic carbocycles. The third-order valence-corrected chi connectivity index (χ3v) is 5.65. The zero-order valence-electron chi connectivity index (χ0n) is 17.6. The summed E-state index contributed by atoms with van der Waals surface area (Å²) in [5, 5.41) is 11.8. The van der Waals surface area contributed by atoms with E-state index >= 15 is 0 Å². The molecule has 0 saturated carbocycles. The minimum absolute atomic E-state index is 0.320. The molecule has 0 bridgehead atoms. The number of carboxylic acid groups (broad SMARTS) is 1. The van der Waals surface area contributed by atoms with E-state index in [4.69, 9.17) is 10.1 Å². The number of aromatic nitrogens is 1. The number of anilines is 1. The first-order valence-corrected chi connectivity index (χ1v) is 10.7. The fourth-order valence-electron chi connectivity index (χ4n) is 3.10. The predicted molar refractivity (Wildman–Crippen MR) is 125 cm³/mol. The Kier molecular flexibility index (Phi) is 7.20. The Bertz CT molecular complexity index is 1060. The van der Waals surface area contributed by atoms with E-state index in [2.05, 4.69) is 48.0 Å². The number of carbonyl (C=O) groups is 2. The molecule has 3 rings (SSSR count). The Hall–Kier alpha value is -3.45. The summed E-state index contributed by atoms with van der Waals surface area (Å²) in [6.45, 7) is 6.85. The highest BCUT2D eigenvalue weighted by molar-refractivity contribution is 7.14. The lowest BCUT2D eigenvalue weighted by Crippen LogP contribution is -2.31. The predicted octanol–water partition coefficient (Wildman–Crippen LogP) is 4.47. The maximum absolute atomic E-state index is 12.3. The van der Waals surface area contributed by atoms with Gasteiger partial charge in [-0.2, -0.15) is 0 Å². The Balaban J connectivity index is 1.73. The van der Waals surface area contributed by atoms with Gasteiger partial charge in [-0.1, -0.05) is 48.0 Å². The molecule has 0 aliphatic rings. The molecule has 0 fully saturated rings. The number of thiazole rings is 1. The van der Waals surface area contributed by atoms with E-state index < -0.39 is 5.97 Å². The molecule has 31 heavy (non-hydrogen) atoms. The van der Waals surface area contributed by atoms with Gasteiger partial charge in [-0.05, 0) is 24.6 Å². The van der Waals surface area contributed by atoms with E-state index in [0.717, 1.165) is 22.0 Å². The summed E-state index contributed by atoms with van der Waals surface area (Å²) < 4.78 is 0. The van der Waals surface area contributed by atoms with Crippen LogP contribution >= 0.6 is 11.3 Å². The molecule has 3 aromatic rings. The number of nitrogens with zero attached hydrogens (tertiary/aromatic N) is 3. The van der Waals surface area contributed by atoms with Crippen LogP contribution in [0.15, 0.2) is 66.6 Å². The highest BCUT2D eigenvalue weighted by Gasteiger charge is 2.15. The molecular weight excluding hydrogens is 410 g/mol. The quantitative estimate of drug-likeness (QED) is 0.502. The first kappa shape index (κ1) is 22.2. The lowest BCUT2D eigenvalue weighted by Gasteiger charge is -2.20. The fraction of sp³-hybridized carbons (Fsp3) is 0.208. The number of aliphatic carboxylic acids is 1. The van der Waals surface area contributed by atoms with E-state index in [0.29, 0.717) is 18.7 Å². The molecule has 160 valence electrons. The third kappa shape index (κ3) is 5.79. The summed E-state index contributed by atoms with van der Waals surface area (Å²) >= 11 is 1.58. The molecule has 1 heterocycles. The van der Waals surface area contributed by atoms with Gasteiger partial charge < -0.3 is 14.9 Å². The van der Waals surface area contributed by atoms with Crippen molar-refractivity contribution in [2.45, 2.75) is 13.5 Å². The number of likely N-dealkylation sites (N-methyl/N-ethyl adjacent to an activating group) is 1. The first-order chi connectivity index (χ1) is 14.9. The summed E-state index contributed by atoms with van der Waals surface area (Å²) in [7, 11) is 1.48. The van der Waals surface area contributed by atoms with Crippen molar-refractivity contribution < 1.29 is 14.7 Å². The average molecular weight is 436 g/mol. The molecule has 1 N–H and O–H groups in total. The lowest BCUT2D eigenvalue weighted by atomic mass is 10.1. The largest absolute Gasteiger partial charge is 0.480 e. The number of carboxylic acids is 1. The van der Waals surface area contributed by atoms with Crippen molar-refractivity contribution in [2.24, 2.45) is 0 Å². The number of hydrogen-bond donors (Lipinski definition) is 1.